The molecule has 112 valence electrons. The van der Waals surface area contributed by atoms with Crippen LogP contribution in [0.15, 0.2) is 48.5 Å². The molecule has 0 bridgehead atoms. The van der Waals surface area contributed by atoms with Gasteiger partial charge >= 0.3 is 0 Å². The first-order valence-electron chi connectivity index (χ1n) is 7.35. The molecule has 2 N–H and O–H groups in total. The smallest absolute Gasteiger partial charge is 0.123 e. The average molecular weight is 284 g/mol. The van der Waals surface area contributed by atoms with Crippen LogP contribution in [-0.4, -0.2) is 20.2 Å². The second-order valence-corrected chi connectivity index (χ2v) is 5.23. The third-order valence-electron chi connectivity index (χ3n) is 3.70. The van der Waals surface area contributed by atoms with Crippen molar-refractivity contribution in [3.8, 4) is 5.75 Å². The van der Waals surface area contributed by atoms with Crippen molar-refractivity contribution in [1.82, 2.24) is 0 Å². The van der Waals surface area contributed by atoms with Crippen LogP contribution in [0.2, 0.25) is 0 Å². The molecule has 0 radical (unpaired) electrons. The van der Waals surface area contributed by atoms with E-state index in [-0.39, 0.29) is 6.04 Å². The van der Waals surface area contributed by atoms with Crippen LogP contribution in [0.5, 0.6) is 5.75 Å². The number of rotatable bonds is 6. The fourth-order valence-electron chi connectivity index (χ4n) is 2.55. The summed E-state index contributed by atoms with van der Waals surface area (Å²) in [6.07, 6.45) is 0. The molecule has 0 fully saturated rings. The Labute approximate surface area is 127 Å². The molecule has 2 rings (SSSR count). The Kier molecular flexibility index (Phi) is 5.23. The van der Waals surface area contributed by atoms with Crippen molar-refractivity contribution in [2.45, 2.75) is 19.9 Å². The summed E-state index contributed by atoms with van der Waals surface area (Å²) in [5.41, 5.74) is 9.92. The summed E-state index contributed by atoms with van der Waals surface area (Å²) in [6, 6.07) is 16.4. The van der Waals surface area contributed by atoms with Gasteiger partial charge < -0.3 is 15.4 Å². The molecule has 1 unspecified atom stereocenters. The monoisotopic (exact) mass is 284 g/mol. The van der Waals surface area contributed by atoms with Crippen molar-refractivity contribution in [2.24, 2.45) is 5.73 Å². The highest BCUT2D eigenvalue weighted by Crippen LogP contribution is 2.25. The molecule has 0 saturated carbocycles. The molecule has 0 aliphatic rings. The van der Waals surface area contributed by atoms with Gasteiger partial charge in [0.1, 0.15) is 5.75 Å². The third kappa shape index (κ3) is 3.76. The van der Waals surface area contributed by atoms with Crippen molar-refractivity contribution < 1.29 is 4.74 Å². The minimum absolute atomic E-state index is 0.0818. The summed E-state index contributed by atoms with van der Waals surface area (Å²) in [6.45, 7) is 5.95. The Morgan fingerprint density at radius 1 is 1.14 bits per heavy atom. The zero-order valence-corrected chi connectivity index (χ0v) is 13.0. The highest BCUT2D eigenvalue weighted by molar-refractivity contribution is 5.49. The van der Waals surface area contributed by atoms with Crippen LogP contribution < -0.4 is 15.4 Å². The summed E-state index contributed by atoms with van der Waals surface area (Å²) in [7, 11) is 1.68. The number of likely N-dealkylation sites (N-methyl/N-ethyl adjacent to an activating group) is 1. The molecular formula is C18H24N2O. The second kappa shape index (κ2) is 7.14. The van der Waals surface area contributed by atoms with Crippen molar-refractivity contribution in [1.29, 1.82) is 0 Å². The summed E-state index contributed by atoms with van der Waals surface area (Å²) in [5.74, 6) is 0.852. The van der Waals surface area contributed by atoms with Crippen molar-refractivity contribution in [3.05, 3.63) is 59.7 Å². The van der Waals surface area contributed by atoms with Gasteiger partial charge in [0, 0.05) is 24.3 Å². The molecule has 1 atom stereocenters. The van der Waals surface area contributed by atoms with E-state index in [0.717, 1.165) is 24.4 Å². The number of hydrogen-bond acceptors (Lipinski definition) is 3. The first-order chi connectivity index (χ1) is 10.2. The Morgan fingerprint density at radius 2 is 1.90 bits per heavy atom. The predicted octanol–water partition coefficient (Wildman–Crippen LogP) is 3.53. The van der Waals surface area contributed by atoms with E-state index < -0.39 is 0 Å². The highest BCUT2D eigenvalue weighted by Gasteiger charge is 2.15. The number of aryl methyl sites for hydroxylation is 1. The van der Waals surface area contributed by atoms with E-state index in [1.165, 1.54) is 11.3 Å². The van der Waals surface area contributed by atoms with Crippen LogP contribution in [0.1, 0.15) is 24.1 Å². The molecule has 3 nitrogen and oxygen atoms in total. The zero-order chi connectivity index (χ0) is 15.2. The molecule has 21 heavy (non-hydrogen) atoms. The number of ether oxygens (including phenoxy) is 1. The van der Waals surface area contributed by atoms with Gasteiger partial charge in [-0.25, -0.2) is 0 Å². The standard InChI is InChI=1S/C18H24N2O/c1-4-20(15-9-7-8-14(2)12-15)13-17(19)16-10-5-6-11-18(16)21-3/h5-12,17H,4,13,19H2,1-3H3. The quantitative estimate of drug-likeness (QED) is 0.882. The number of methoxy groups -OCH3 is 1. The number of nitrogens with zero attached hydrogens (tertiary/aromatic N) is 1. The summed E-state index contributed by atoms with van der Waals surface area (Å²) in [4.78, 5) is 2.30. The van der Waals surface area contributed by atoms with Crippen LogP contribution in [0, 0.1) is 6.92 Å². The summed E-state index contributed by atoms with van der Waals surface area (Å²) in [5, 5.41) is 0. The van der Waals surface area contributed by atoms with Gasteiger partial charge in [0.25, 0.3) is 0 Å². The number of anilines is 1. The van der Waals surface area contributed by atoms with E-state index in [0.29, 0.717) is 0 Å². The van der Waals surface area contributed by atoms with Crippen LogP contribution in [-0.2, 0) is 0 Å². The molecule has 0 aliphatic carbocycles. The second-order valence-electron chi connectivity index (χ2n) is 5.23. The van der Waals surface area contributed by atoms with Crippen LogP contribution in [0.3, 0.4) is 0 Å². The topological polar surface area (TPSA) is 38.5 Å². The van der Waals surface area contributed by atoms with E-state index in [4.69, 9.17) is 10.5 Å². The van der Waals surface area contributed by atoms with Gasteiger partial charge in [-0.3, -0.25) is 0 Å². The number of hydrogen-bond donors (Lipinski definition) is 1. The lowest BCUT2D eigenvalue weighted by molar-refractivity contribution is 0.405. The van der Waals surface area contributed by atoms with Gasteiger partial charge in [-0.05, 0) is 37.6 Å². The average Bonchev–Trinajstić information content (AvgIpc) is 2.52. The SMILES string of the molecule is CCN(CC(N)c1ccccc1OC)c1cccc(C)c1. The van der Waals surface area contributed by atoms with Gasteiger partial charge in [-0.2, -0.15) is 0 Å². The number of benzene rings is 2. The maximum Gasteiger partial charge on any atom is 0.123 e. The van der Waals surface area contributed by atoms with Gasteiger partial charge in [0.05, 0.1) is 13.2 Å². The fraction of sp³-hybridized carbons (Fsp3) is 0.333. The van der Waals surface area contributed by atoms with Gasteiger partial charge in [-0.15, -0.1) is 0 Å². The van der Waals surface area contributed by atoms with Crippen molar-refractivity contribution in [3.63, 3.8) is 0 Å². The van der Waals surface area contributed by atoms with E-state index in [1.54, 1.807) is 7.11 Å². The lowest BCUT2D eigenvalue weighted by Crippen LogP contribution is -2.32. The van der Waals surface area contributed by atoms with Crippen molar-refractivity contribution in [2.75, 3.05) is 25.1 Å². The van der Waals surface area contributed by atoms with E-state index in [2.05, 4.69) is 43.0 Å². The van der Waals surface area contributed by atoms with Gasteiger partial charge in [-0.1, -0.05) is 30.3 Å². The first kappa shape index (κ1) is 15.4. The first-order valence-corrected chi connectivity index (χ1v) is 7.35. The molecule has 0 aliphatic heterocycles. The lowest BCUT2D eigenvalue weighted by Gasteiger charge is -2.27. The molecule has 2 aromatic rings. The molecule has 3 heteroatoms. The van der Waals surface area contributed by atoms with Crippen molar-refractivity contribution >= 4 is 5.69 Å². The number of para-hydroxylation sites is 1. The normalized spacial score (nSPS) is 12.0. The maximum absolute atomic E-state index is 6.40. The van der Waals surface area contributed by atoms with Gasteiger partial charge in [0.2, 0.25) is 0 Å². The number of nitrogens with two attached hydrogens (primary N) is 1. The molecule has 0 saturated heterocycles. The van der Waals surface area contributed by atoms with Crippen LogP contribution in [0.4, 0.5) is 5.69 Å². The Hall–Kier alpha value is -2.00. The minimum Gasteiger partial charge on any atom is -0.496 e. The Morgan fingerprint density at radius 3 is 2.57 bits per heavy atom. The Bertz CT molecular complexity index is 583. The summed E-state index contributed by atoms with van der Waals surface area (Å²) >= 11 is 0. The molecule has 2 aromatic carbocycles. The van der Waals surface area contributed by atoms with Crippen LogP contribution in [0.25, 0.3) is 0 Å². The molecule has 0 spiro atoms. The minimum atomic E-state index is -0.0818. The van der Waals surface area contributed by atoms with E-state index >= 15 is 0 Å². The van der Waals surface area contributed by atoms with E-state index in [1.807, 2.05) is 24.3 Å². The predicted molar refractivity (Wildman–Crippen MR) is 89.0 cm³/mol. The largest absolute Gasteiger partial charge is 0.496 e. The Balaban J connectivity index is 2.18. The molecular weight excluding hydrogens is 260 g/mol. The van der Waals surface area contributed by atoms with Gasteiger partial charge in [0.15, 0.2) is 0 Å². The molecule has 0 heterocycles. The van der Waals surface area contributed by atoms with E-state index in [9.17, 15) is 0 Å². The maximum atomic E-state index is 6.40. The molecule has 0 amide bonds. The fourth-order valence-corrected chi connectivity index (χ4v) is 2.55. The highest BCUT2D eigenvalue weighted by atomic mass is 16.5. The zero-order valence-electron chi connectivity index (χ0n) is 13.0. The summed E-state index contributed by atoms with van der Waals surface area (Å²) < 4.78 is 5.41. The lowest BCUT2D eigenvalue weighted by atomic mass is 10.1. The third-order valence-corrected chi connectivity index (χ3v) is 3.70. The van der Waals surface area contributed by atoms with Crippen LogP contribution >= 0.6 is 0 Å². The molecule has 0 aromatic heterocycles.